The lowest BCUT2D eigenvalue weighted by atomic mass is 10.1. The third-order valence-corrected chi connectivity index (χ3v) is 5.92. The molecule has 1 saturated heterocycles. The molecule has 4 rings (SSSR count). The van der Waals surface area contributed by atoms with Gasteiger partial charge in [-0.15, -0.1) is 0 Å². The summed E-state index contributed by atoms with van der Waals surface area (Å²) in [6.45, 7) is 4.25. The summed E-state index contributed by atoms with van der Waals surface area (Å²) in [4.78, 5) is 40.9. The topological polar surface area (TPSA) is 147 Å². The van der Waals surface area contributed by atoms with Crippen molar-refractivity contribution in [2.24, 2.45) is 0 Å². The Morgan fingerprint density at radius 1 is 1.17 bits per heavy atom. The van der Waals surface area contributed by atoms with Crippen molar-refractivity contribution < 1.29 is 19.4 Å². The number of aromatic nitrogens is 3. The number of pyridine rings is 1. The van der Waals surface area contributed by atoms with Gasteiger partial charge in [-0.2, -0.15) is 0 Å². The molecule has 1 aliphatic rings. The van der Waals surface area contributed by atoms with Crippen LogP contribution in [0, 0.1) is 0 Å². The molecule has 1 aromatic carbocycles. The first kappa shape index (κ1) is 23.9. The largest absolute Gasteiger partial charge is 0.480 e. The van der Waals surface area contributed by atoms with E-state index in [-0.39, 0.29) is 11.5 Å². The average Bonchev–Trinajstić information content (AvgIpc) is 2.89. The lowest BCUT2D eigenvalue weighted by molar-refractivity contribution is -0.138. The van der Waals surface area contributed by atoms with Crippen LogP contribution in [-0.4, -0.2) is 71.3 Å². The number of nitrogens with one attached hydrogen (secondary N) is 1. The van der Waals surface area contributed by atoms with Gasteiger partial charge in [0.05, 0.1) is 42.7 Å². The summed E-state index contributed by atoms with van der Waals surface area (Å²) < 4.78 is 5.42. The minimum atomic E-state index is -0.915. The Morgan fingerprint density at radius 3 is 2.57 bits per heavy atom. The molecule has 1 fully saturated rings. The molecule has 1 amide bonds. The number of amides is 1. The molecule has 4 N–H and O–H groups in total. The van der Waals surface area contributed by atoms with Gasteiger partial charge in [0, 0.05) is 37.6 Å². The van der Waals surface area contributed by atoms with Gasteiger partial charge in [-0.25, -0.2) is 14.8 Å². The van der Waals surface area contributed by atoms with Crippen molar-refractivity contribution in [1.82, 2.24) is 15.0 Å². The summed E-state index contributed by atoms with van der Waals surface area (Å²) in [6, 6.07) is 8.33. The van der Waals surface area contributed by atoms with Crippen LogP contribution in [0.2, 0.25) is 0 Å². The number of benzene rings is 1. The second-order valence-corrected chi connectivity index (χ2v) is 8.11. The van der Waals surface area contributed by atoms with Crippen molar-refractivity contribution in [2.75, 3.05) is 54.2 Å². The predicted octanol–water partition coefficient (Wildman–Crippen LogP) is 2.12. The van der Waals surface area contributed by atoms with Crippen molar-refractivity contribution in [2.45, 2.75) is 13.0 Å². The van der Waals surface area contributed by atoms with Crippen LogP contribution in [0.5, 0.6) is 0 Å². The highest BCUT2D eigenvalue weighted by Crippen LogP contribution is 2.27. The number of carbonyl (C=O) groups excluding carboxylic acids is 1. The first-order valence-corrected chi connectivity index (χ1v) is 11.1. The molecule has 1 atom stereocenters. The van der Waals surface area contributed by atoms with Crippen LogP contribution in [0.3, 0.4) is 0 Å². The second-order valence-electron chi connectivity index (χ2n) is 8.11. The number of nitrogen functional groups attached to an aromatic ring is 1. The molecule has 3 aromatic rings. The van der Waals surface area contributed by atoms with E-state index in [1.54, 1.807) is 55.5 Å². The van der Waals surface area contributed by atoms with E-state index in [1.165, 1.54) is 6.20 Å². The molecule has 0 radical (unpaired) electrons. The number of aliphatic carboxylic acids is 1. The number of carboxylic acid groups (broad SMARTS) is 1. The molecule has 35 heavy (non-hydrogen) atoms. The molecular formula is C24H27N7O4. The Morgan fingerprint density at radius 2 is 1.89 bits per heavy atom. The molecule has 0 spiro atoms. The number of nitrogens with two attached hydrogens (primary N) is 1. The fraction of sp³-hybridized carbons (Fsp3) is 0.292. The summed E-state index contributed by atoms with van der Waals surface area (Å²) in [5, 5.41) is 12.1. The average molecular weight is 478 g/mol. The number of likely N-dealkylation sites (N-methyl/N-ethyl adjacent to an activating group) is 1. The summed E-state index contributed by atoms with van der Waals surface area (Å²) in [7, 11) is 1.71. The van der Waals surface area contributed by atoms with E-state index < -0.39 is 17.9 Å². The number of hydrogen-bond acceptors (Lipinski definition) is 9. The number of carboxylic acids is 1. The number of carbonyl (C=O) groups is 2. The predicted molar refractivity (Wildman–Crippen MR) is 133 cm³/mol. The smallest absolute Gasteiger partial charge is 0.326 e. The molecule has 11 heteroatoms. The molecule has 0 aliphatic carbocycles. The van der Waals surface area contributed by atoms with Gasteiger partial charge in [0.25, 0.3) is 5.91 Å². The van der Waals surface area contributed by atoms with Crippen molar-refractivity contribution in [3.63, 3.8) is 0 Å². The molecule has 3 heterocycles. The quantitative estimate of drug-likeness (QED) is 0.462. The highest BCUT2D eigenvalue weighted by atomic mass is 16.5. The second kappa shape index (κ2) is 10.3. The summed E-state index contributed by atoms with van der Waals surface area (Å²) in [5.41, 5.74) is 9.28. The van der Waals surface area contributed by atoms with Gasteiger partial charge in [-0.1, -0.05) is 12.1 Å². The lowest BCUT2D eigenvalue weighted by Gasteiger charge is -2.30. The van der Waals surface area contributed by atoms with E-state index in [9.17, 15) is 14.7 Å². The fourth-order valence-corrected chi connectivity index (χ4v) is 3.71. The van der Waals surface area contributed by atoms with Gasteiger partial charge in [-0.3, -0.25) is 9.78 Å². The van der Waals surface area contributed by atoms with Crippen LogP contribution in [-0.2, 0) is 9.53 Å². The van der Waals surface area contributed by atoms with Crippen molar-refractivity contribution in [3.05, 3.63) is 54.6 Å². The van der Waals surface area contributed by atoms with E-state index in [0.717, 1.165) is 11.4 Å². The standard InChI is InChI=1S/C24H27N7O4/c1-15(24(33)34)30(2)17-5-3-16(4-6-17)18-14-27-22(25)21(28-18)23(32)29-19-13-26-8-7-20(19)31-9-11-35-12-10-31/h3-8,13-15H,9-12H2,1-2H3,(H2,25,27)(H,29,32)(H,33,34)/t15-/m1/s1. The maximum Gasteiger partial charge on any atom is 0.326 e. The number of morpholine rings is 1. The minimum Gasteiger partial charge on any atom is -0.480 e. The van der Waals surface area contributed by atoms with E-state index in [1.807, 2.05) is 6.07 Å². The molecule has 2 aromatic heterocycles. The van der Waals surface area contributed by atoms with E-state index >= 15 is 0 Å². The Balaban J connectivity index is 1.55. The zero-order chi connectivity index (χ0) is 24.9. The first-order chi connectivity index (χ1) is 16.8. The molecule has 182 valence electrons. The van der Waals surface area contributed by atoms with Crippen LogP contribution in [0.4, 0.5) is 22.9 Å². The number of hydrogen-bond donors (Lipinski definition) is 3. The first-order valence-electron chi connectivity index (χ1n) is 11.1. The Hall–Kier alpha value is -4.25. The van der Waals surface area contributed by atoms with E-state index in [2.05, 4.69) is 25.2 Å². The zero-order valence-electron chi connectivity index (χ0n) is 19.5. The van der Waals surface area contributed by atoms with Gasteiger partial charge in [-0.05, 0) is 25.1 Å². The highest BCUT2D eigenvalue weighted by Gasteiger charge is 2.20. The van der Waals surface area contributed by atoms with E-state index in [4.69, 9.17) is 10.5 Å². The van der Waals surface area contributed by atoms with Crippen LogP contribution in [0.15, 0.2) is 48.9 Å². The Kier molecular flexibility index (Phi) is 7.06. The molecule has 11 nitrogen and oxygen atoms in total. The fourth-order valence-electron chi connectivity index (χ4n) is 3.71. The Bertz CT molecular complexity index is 1210. The summed E-state index contributed by atoms with van der Waals surface area (Å²) in [5.74, 6) is -1.40. The number of rotatable bonds is 7. The van der Waals surface area contributed by atoms with Gasteiger partial charge >= 0.3 is 5.97 Å². The highest BCUT2D eigenvalue weighted by molar-refractivity contribution is 6.07. The SMILES string of the molecule is C[C@H](C(=O)O)N(C)c1ccc(-c2cnc(N)c(C(=O)Nc3cnccc3N3CCOCC3)n2)cc1. The molecule has 0 bridgehead atoms. The van der Waals surface area contributed by atoms with E-state index in [0.29, 0.717) is 43.2 Å². The minimum absolute atomic E-state index is 0.0000236. The van der Waals surface area contributed by atoms with Crippen molar-refractivity contribution >= 4 is 34.8 Å². The van der Waals surface area contributed by atoms with Crippen LogP contribution in [0.1, 0.15) is 17.4 Å². The molecule has 0 saturated carbocycles. The van der Waals surface area contributed by atoms with Gasteiger partial charge < -0.3 is 30.7 Å². The molecule has 0 unspecified atom stereocenters. The monoisotopic (exact) mass is 477 g/mol. The number of anilines is 4. The zero-order valence-corrected chi connectivity index (χ0v) is 19.5. The lowest BCUT2D eigenvalue weighted by Crippen LogP contribution is -2.36. The third-order valence-electron chi connectivity index (χ3n) is 5.92. The number of ether oxygens (including phenoxy) is 1. The normalized spacial score (nSPS) is 14.3. The molecule has 1 aliphatic heterocycles. The van der Waals surface area contributed by atoms with Gasteiger partial charge in [0.2, 0.25) is 0 Å². The maximum atomic E-state index is 13.1. The van der Waals surface area contributed by atoms with Crippen LogP contribution in [0.25, 0.3) is 11.3 Å². The van der Waals surface area contributed by atoms with Crippen molar-refractivity contribution in [1.29, 1.82) is 0 Å². The third kappa shape index (κ3) is 5.30. The summed E-state index contributed by atoms with van der Waals surface area (Å²) in [6.07, 6.45) is 4.75. The maximum absolute atomic E-state index is 13.1. The summed E-state index contributed by atoms with van der Waals surface area (Å²) >= 11 is 0. The van der Waals surface area contributed by atoms with Gasteiger partial charge in [0.15, 0.2) is 11.5 Å². The molecular weight excluding hydrogens is 450 g/mol. The van der Waals surface area contributed by atoms with Crippen LogP contribution < -0.4 is 20.9 Å². The Labute approximate surface area is 202 Å². The number of nitrogens with zero attached hydrogens (tertiary/aromatic N) is 5. The van der Waals surface area contributed by atoms with Gasteiger partial charge in [0.1, 0.15) is 6.04 Å². The van der Waals surface area contributed by atoms with Crippen molar-refractivity contribution in [3.8, 4) is 11.3 Å². The van der Waals surface area contributed by atoms with Crippen LogP contribution >= 0.6 is 0 Å².